The Hall–Kier alpha value is -0.810. The normalized spacial score (nSPS) is 41.0. The molecule has 24 heavy (non-hydrogen) atoms. The third kappa shape index (κ3) is 2.47. The Labute approximate surface area is 146 Å². The van der Waals surface area contributed by atoms with E-state index in [0.29, 0.717) is 30.1 Å². The summed E-state index contributed by atoms with van der Waals surface area (Å²) in [6.45, 7) is 11.7. The molecule has 5 heteroatoms. The Balaban J connectivity index is 1.41. The number of nitrogens with one attached hydrogen (secondary N) is 1. The topological polar surface area (TPSA) is 44.8 Å². The highest BCUT2D eigenvalue weighted by molar-refractivity contribution is 5.75. The molecule has 2 amide bonds. The average molecular weight is 335 g/mol. The summed E-state index contributed by atoms with van der Waals surface area (Å²) in [4.78, 5) is 17.7. The number of nitrogens with zero attached hydrogens (tertiary/aromatic N) is 2. The first-order valence-corrected chi connectivity index (χ1v) is 9.84. The van der Waals surface area contributed by atoms with Gasteiger partial charge < -0.3 is 15.0 Å². The number of likely N-dealkylation sites (tertiary alicyclic amines) is 1. The summed E-state index contributed by atoms with van der Waals surface area (Å²) in [5.74, 6) is 0.513. The molecule has 1 N–H and O–H groups in total. The molecule has 2 bridgehead atoms. The van der Waals surface area contributed by atoms with Gasteiger partial charge in [-0.2, -0.15) is 0 Å². The van der Waals surface area contributed by atoms with Crippen LogP contribution in [-0.2, 0) is 4.74 Å². The minimum atomic E-state index is 0.0612. The van der Waals surface area contributed by atoms with Crippen molar-refractivity contribution < 1.29 is 9.53 Å². The van der Waals surface area contributed by atoms with Crippen LogP contribution in [0.5, 0.6) is 0 Å². The van der Waals surface area contributed by atoms with E-state index in [1.54, 1.807) is 0 Å². The van der Waals surface area contributed by atoms with E-state index >= 15 is 0 Å². The quantitative estimate of drug-likeness (QED) is 0.843. The lowest BCUT2D eigenvalue weighted by Gasteiger charge is -2.54. The minimum Gasteiger partial charge on any atom is -0.377 e. The Morgan fingerprint density at radius 1 is 1.17 bits per heavy atom. The zero-order valence-corrected chi connectivity index (χ0v) is 15.6. The van der Waals surface area contributed by atoms with Crippen molar-refractivity contribution in [3.8, 4) is 0 Å². The lowest BCUT2D eigenvalue weighted by molar-refractivity contribution is -0.109. The third-order valence-electron chi connectivity index (χ3n) is 7.10. The van der Waals surface area contributed by atoms with E-state index in [4.69, 9.17) is 4.74 Å². The van der Waals surface area contributed by atoms with Gasteiger partial charge in [0, 0.05) is 55.2 Å². The molecule has 1 aliphatic carbocycles. The fraction of sp³-hybridized carbons (Fsp3) is 0.947. The molecule has 3 aliphatic heterocycles. The fourth-order valence-corrected chi connectivity index (χ4v) is 5.98. The lowest BCUT2D eigenvalue weighted by atomic mass is 9.57. The van der Waals surface area contributed by atoms with Gasteiger partial charge in [0.2, 0.25) is 0 Å². The molecule has 0 spiro atoms. The van der Waals surface area contributed by atoms with Crippen LogP contribution in [0.15, 0.2) is 0 Å². The Bertz CT molecular complexity index is 507. The minimum absolute atomic E-state index is 0.0612. The maximum absolute atomic E-state index is 12.9. The van der Waals surface area contributed by atoms with Crippen LogP contribution in [-0.4, -0.2) is 65.8 Å². The molecule has 4 fully saturated rings. The molecule has 136 valence electrons. The third-order valence-corrected chi connectivity index (χ3v) is 7.10. The van der Waals surface area contributed by atoms with Gasteiger partial charge in [0.25, 0.3) is 0 Å². The lowest BCUT2D eigenvalue weighted by Crippen LogP contribution is -2.68. The molecule has 3 heterocycles. The van der Waals surface area contributed by atoms with Crippen LogP contribution < -0.4 is 5.32 Å². The summed E-state index contributed by atoms with van der Waals surface area (Å²) < 4.78 is 5.85. The number of rotatable bonds is 2. The second-order valence-corrected chi connectivity index (χ2v) is 9.15. The highest BCUT2D eigenvalue weighted by Crippen LogP contribution is 2.52. The van der Waals surface area contributed by atoms with Crippen molar-refractivity contribution in [2.75, 3.05) is 19.7 Å². The van der Waals surface area contributed by atoms with Gasteiger partial charge >= 0.3 is 6.03 Å². The first-order valence-electron chi connectivity index (χ1n) is 9.84. The molecule has 4 aliphatic rings. The number of amides is 2. The summed E-state index contributed by atoms with van der Waals surface area (Å²) in [5, 5.41) is 3.37. The van der Waals surface area contributed by atoms with Gasteiger partial charge in [0.1, 0.15) is 0 Å². The van der Waals surface area contributed by atoms with Gasteiger partial charge in [-0.1, -0.05) is 13.8 Å². The molecule has 0 unspecified atom stereocenters. The van der Waals surface area contributed by atoms with Crippen LogP contribution >= 0.6 is 0 Å². The van der Waals surface area contributed by atoms with E-state index in [1.165, 1.54) is 12.8 Å². The molecule has 5 nitrogen and oxygen atoms in total. The van der Waals surface area contributed by atoms with Crippen molar-refractivity contribution in [2.45, 2.75) is 83.6 Å². The zero-order valence-electron chi connectivity index (χ0n) is 15.6. The fourth-order valence-electron chi connectivity index (χ4n) is 5.98. The monoisotopic (exact) mass is 335 g/mol. The molecule has 1 saturated carbocycles. The SMILES string of the molecule is CC(C)N1[C@H]2CC[C@H]1CN(C(=O)N[C@@H]1[C@@H]3CCO[C@H]3C1(C)C)CC2. The summed E-state index contributed by atoms with van der Waals surface area (Å²) in [5.41, 5.74) is 0.0612. The first kappa shape index (κ1) is 16.6. The standard InChI is InChI=1S/C19H33N3O2/c1-12(2)22-13-5-6-14(22)11-21(9-7-13)18(23)20-16-15-8-10-24-17(15)19(16,3)4/h12-17H,5-11H2,1-4H3,(H,20,23)/t13-,14-,15-,16+,17+/m0/s1. The predicted octanol–water partition coefficient (Wildman–Crippen LogP) is 2.46. The maximum atomic E-state index is 12.9. The van der Waals surface area contributed by atoms with Crippen molar-refractivity contribution in [3.63, 3.8) is 0 Å². The summed E-state index contributed by atoms with van der Waals surface area (Å²) in [6.07, 6.45) is 5.07. The highest BCUT2D eigenvalue weighted by Gasteiger charge is 2.60. The molecule has 0 aromatic carbocycles. The van der Waals surface area contributed by atoms with Crippen LogP contribution in [0, 0.1) is 11.3 Å². The molecule has 5 atom stereocenters. The second kappa shape index (κ2) is 5.87. The smallest absolute Gasteiger partial charge is 0.317 e. The number of ether oxygens (including phenoxy) is 1. The van der Waals surface area contributed by atoms with Crippen molar-refractivity contribution in [2.24, 2.45) is 11.3 Å². The van der Waals surface area contributed by atoms with Gasteiger partial charge in [0.15, 0.2) is 0 Å². The molecule has 0 aromatic rings. The first-order chi connectivity index (χ1) is 11.4. The molecule has 0 radical (unpaired) electrons. The molecular formula is C19H33N3O2. The maximum Gasteiger partial charge on any atom is 0.317 e. The molecule has 0 aromatic heterocycles. The van der Waals surface area contributed by atoms with Crippen molar-refractivity contribution in [3.05, 3.63) is 0 Å². The van der Waals surface area contributed by atoms with E-state index in [-0.39, 0.29) is 17.5 Å². The Kier molecular flexibility index (Phi) is 4.07. The van der Waals surface area contributed by atoms with Crippen LogP contribution in [0.4, 0.5) is 4.79 Å². The number of hydrogen-bond acceptors (Lipinski definition) is 3. The number of fused-ring (bicyclic) bond motifs is 3. The summed E-state index contributed by atoms with van der Waals surface area (Å²) >= 11 is 0. The Morgan fingerprint density at radius 3 is 2.67 bits per heavy atom. The highest BCUT2D eigenvalue weighted by atomic mass is 16.5. The van der Waals surface area contributed by atoms with Crippen LogP contribution in [0.1, 0.15) is 53.4 Å². The molecular weight excluding hydrogens is 302 g/mol. The number of urea groups is 1. The molecule has 4 rings (SSSR count). The van der Waals surface area contributed by atoms with Gasteiger partial charge in [-0.15, -0.1) is 0 Å². The number of carbonyl (C=O) groups excluding carboxylic acids is 1. The van der Waals surface area contributed by atoms with E-state index in [0.717, 1.165) is 32.5 Å². The number of hydrogen-bond donors (Lipinski definition) is 1. The van der Waals surface area contributed by atoms with Gasteiger partial charge in [-0.3, -0.25) is 4.90 Å². The van der Waals surface area contributed by atoms with Crippen molar-refractivity contribution in [1.29, 1.82) is 0 Å². The molecule has 3 saturated heterocycles. The number of carbonyl (C=O) groups is 1. The van der Waals surface area contributed by atoms with Crippen LogP contribution in [0.2, 0.25) is 0 Å². The average Bonchev–Trinajstić information content (AvgIpc) is 3.07. The summed E-state index contributed by atoms with van der Waals surface area (Å²) in [6, 6.07) is 2.20. The predicted molar refractivity (Wildman–Crippen MR) is 93.9 cm³/mol. The van der Waals surface area contributed by atoms with Crippen LogP contribution in [0.25, 0.3) is 0 Å². The van der Waals surface area contributed by atoms with E-state index in [2.05, 4.69) is 42.8 Å². The summed E-state index contributed by atoms with van der Waals surface area (Å²) in [7, 11) is 0. The zero-order chi connectivity index (χ0) is 17.1. The second-order valence-electron chi connectivity index (χ2n) is 9.15. The van der Waals surface area contributed by atoms with Crippen molar-refractivity contribution in [1.82, 2.24) is 15.1 Å². The van der Waals surface area contributed by atoms with Gasteiger partial charge in [-0.25, -0.2) is 4.79 Å². The van der Waals surface area contributed by atoms with Crippen LogP contribution in [0.3, 0.4) is 0 Å². The van der Waals surface area contributed by atoms with Gasteiger partial charge in [-0.05, 0) is 39.5 Å². The van der Waals surface area contributed by atoms with E-state index in [1.807, 2.05) is 0 Å². The van der Waals surface area contributed by atoms with Gasteiger partial charge in [0.05, 0.1) is 6.10 Å². The largest absolute Gasteiger partial charge is 0.377 e. The van der Waals surface area contributed by atoms with E-state index < -0.39 is 0 Å². The Morgan fingerprint density at radius 2 is 1.92 bits per heavy atom. The van der Waals surface area contributed by atoms with E-state index in [9.17, 15) is 4.79 Å². The van der Waals surface area contributed by atoms with Crippen molar-refractivity contribution >= 4 is 6.03 Å².